The first kappa shape index (κ1) is 10.3. The van der Waals surface area contributed by atoms with Gasteiger partial charge in [0, 0.05) is 19.3 Å². The third-order valence-electron chi connectivity index (χ3n) is 2.36. The second kappa shape index (κ2) is 5.04. The van der Waals surface area contributed by atoms with Crippen LogP contribution in [0.15, 0.2) is 12.3 Å². The van der Waals surface area contributed by atoms with E-state index in [1.54, 1.807) is 0 Å². The minimum atomic E-state index is 0.707. The van der Waals surface area contributed by atoms with Crippen LogP contribution < -0.4 is 10.2 Å². The maximum absolute atomic E-state index is 5.30. The van der Waals surface area contributed by atoms with Gasteiger partial charge in [0.05, 0.1) is 19.8 Å². The van der Waals surface area contributed by atoms with Crippen LogP contribution in [0.25, 0.3) is 0 Å². The van der Waals surface area contributed by atoms with Crippen LogP contribution in [0.4, 0.5) is 5.82 Å². The summed E-state index contributed by atoms with van der Waals surface area (Å²) in [5, 5.41) is 3.05. The number of anilines is 1. The molecule has 5 nitrogen and oxygen atoms in total. The van der Waals surface area contributed by atoms with Gasteiger partial charge >= 0.3 is 0 Å². The van der Waals surface area contributed by atoms with Crippen molar-refractivity contribution in [2.45, 2.75) is 6.54 Å². The van der Waals surface area contributed by atoms with Gasteiger partial charge in [0.2, 0.25) is 0 Å². The summed E-state index contributed by atoms with van der Waals surface area (Å²) in [6.07, 6.45) is 1.81. The van der Waals surface area contributed by atoms with Crippen molar-refractivity contribution < 1.29 is 4.74 Å². The monoisotopic (exact) mass is 208 g/mol. The Morgan fingerprint density at radius 2 is 2.27 bits per heavy atom. The first-order valence-electron chi connectivity index (χ1n) is 5.19. The molecule has 1 N–H and O–H groups in total. The van der Waals surface area contributed by atoms with E-state index in [4.69, 9.17) is 4.74 Å². The summed E-state index contributed by atoms with van der Waals surface area (Å²) in [5.74, 6) is 1.83. The molecule has 1 aromatic rings. The third kappa shape index (κ3) is 2.64. The van der Waals surface area contributed by atoms with E-state index in [9.17, 15) is 0 Å². The topological polar surface area (TPSA) is 50.3 Å². The molecule has 0 aliphatic carbocycles. The fourth-order valence-electron chi connectivity index (χ4n) is 1.60. The van der Waals surface area contributed by atoms with E-state index < -0.39 is 0 Å². The van der Waals surface area contributed by atoms with Gasteiger partial charge in [-0.15, -0.1) is 0 Å². The average molecular weight is 208 g/mol. The van der Waals surface area contributed by atoms with E-state index in [0.29, 0.717) is 6.54 Å². The second-order valence-corrected chi connectivity index (χ2v) is 3.46. The highest BCUT2D eigenvalue weighted by Crippen LogP contribution is 2.11. The van der Waals surface area contributed by atoms with E-state index in [0.717, 1.165) is 37.9 Å². The highest BCUT2D eigenvalue weighted by molar-refractivity contribution is 5.37. The van der Waals surface area contributed by atoms with Crippen LogP contribution in [-0.4, -0.2) is 43.3 Å². The molecule has 1 aromatic heterocycles. The normalized spacial score (nSPS) is 16.7. The molecule has 0 spiro atoms. The highest BCUT2D eigenvalue weighted by Gasteiger charge is 2.12. The average Bonchev–Trinajstić information content (AvgIpc) is 2.31. The minimum Gasteiger partial charge on any atom is -0.378 e. The van der Waals surface area contributed by atoms with Crippen LogP contribution in [0.5, 0.6) is 0 Å². The van der Waals surface area contributed by atoms with Gasteiger partial charge in [-0.2, -0.15) is 0 Å². The number of hydrogen-bond donors (Lipinski definition) is 1. The van der Waals surface area contributed by atoms with E-state index >= 15 is 0 Å². The van der Waals surface area contributed by atoms with Gasteiger partial charge < -0.3 is 15.0 Å². The number of hydrogen-bond acceptors (Lipinski definition) is 5. The van der Waals surface area contributed by atoms with Crippen molar-refractivity contribution in [3.8, 4) is 0 Å². The molecular weight excluding hydrogens is 192 g/mol. The van der Waals surface area contributed by atoms with Crippen LogP contribution in [0.3, 0.4) is 0 Å². The van der Waals surface area contributed by atoms with E-state index in [2.05, 4.69) is 20.2 Å². The molecule has 1 aliphatic heterocycles. The molecule has 0 aromatic carbocycles. The quantitative estimate of drug-likeness (QED) is 0.759. The molecule has 5 heteroatoms. The number of morpholine rings is 1. The zero-order chi connectivity index (χ0) is 10.5. The van der Waals surface area contributed by atoms with Gasteiger partial charge in [-0.05, 0) is 13.1 Å². The predicted octanol–water partition coefficient (Wildman–Crippen LogP) is 0.0326. The Labute approximate surface area is 89.5 Å². The molecule has 1 aliphatic rings. The predicted molar refractivity (Wildman–Crippen MR) is 57.8 cm³/mol. The van der Waals surface area contributed by atoms with E-state index in [1.807, 2.05) is 19.3 Å². The van der Waals surface area contributed by atoms with Crippen LogP contribution in [0, 0.1) is 0 Å². The summed E-state index contributed by atoms with van der Waals surface area (Å²) >= 11 is 0. The van der Waals surface area contributed by atoms with Crippen molar-refractivity contribution in [1.29, 1.82) is 0 Å². The van der Waals surface area contributed by atoms with Gasteiger partial charge in [-0.25, -0.2) is 9.97 Å². The van der Waals surface area contributed by atoms with Gasteiger partial charge in [-0.1, -0.05) is 0 Å². The minimum absolute atomic E-state index is 0.707. The Bertz CT molecular complexity index is 312. The largest absolute Gasteiger partial charge is 0.378 e. The molecule has 82 valence electrons. The van der Waals surface area contributed by atoms with Crippen LogP contribution in [-0.2, 0) is 11.3 Å². The van der Waals surface area contributed by atoms with Crippen molar-refractivity contribution in [3.05, 3.63) is 18.1 Å². The Kier molecular flexibility index (Phi) is 3.47. The Hall–Kier alpha value is -1.20. The molecule has 1 saturated heterocycles. The fourth-order valence-corrected chi connectivity index (χ4v) is 1.60. The van der Waals surface area contributed by atoms with Crippen molar-refractivity contribution in [3.63, 3.8) is 0 Å². The third-order valence-corrected chi connectivity index (χ3v) is 2.36. The van der Waals surface area contributed by atoms with Gasteiger partial charge in [-0.3, -0.25) is 0 Å². The maximum Gasteiger partial charge on any atom is 0.144 e. The highest BCUT2D eigenvalue weighted by atomic mass is 16.5. The molecular formula is C10H16N4O. The Morgan fingerprint density at radius 3 is 3.00 bits per heavy atom. The molecule has 0 radical (unpaired) electrons. The number of ether oxygens (including phenoxy) is 1. The standard InChI is InChI=1S/C10H16N4O/c1-11-8-9-12-3-2-10(13-9)14-4-6-15-7-5-14/h2-3,11H,4-8H2,1H3. The van der Waals surface area contributed by atoms with E-state index in [1.165, 1.54) is 0 Å². The molecule has 0 saturated carbocycles. The lowest BCUT2D eigenvalue weighted by Gasteiger charge is -2.27. The summed E-state index contributed by atoms with van der Waals surface area (Å²) in [6, 6.07) is 1.95. The number of nitrogens with zero attached hydrogens (tertiary/aromatic N) is 3. The smallest absolute Gasteiger partial charge is 0.144 e. The molecule has 0 amide bonds. The summed E-state index contributed by atoms with van der Waals surface area (Å²) in [5.41, 5.74) is 0. The Morgan fingerprint density at radius 1 is 1.47 bits per heavy atom. The second-order valence-electron chi connectivity index (χ2n) is 3.46. The molecule has 2 rings (SSSR count). The van der Waals surface area contributed by atoms with Crippen molar-refractivity contribution >= 4 is 5.82 Å². The Balaban J connectivity index is 2.09. The first-order valence-corrected chi connectivity index (χ1v) is 5.19. The zero-order valence-electron chi connectivity index (χ0n) is 8.94. The fraction of sp³-hybridized carbons (Fsp3) is 0.600. The molecule has 0 unspecified atom stereocenters. The molecule has 0 bridgehead atoms. The van der Waals surface area contributed by atoms with Crippen LogP contribution in [0.2, 0.25) is 0 Å². The zero-order valence-corrected chi connectivity index (χ0v) is 8.94. The van der Waals surface area contributed by atoms with Gasteiger partial charge in [0.25, 0.3) is 0 Å². The maximum atomic E-state index is 5.30. The van der Waals surface area contributed by atoms with E-state index in [-0.39, 0.29) is 0 Å². The molecule has 0 atom stereocenters. The molecule has 15 heavy (non-hydrogen) atoms. The lowest BCUT2D eigenvalue weighted by Crippen LogP contribution is -2.37. The van der Waals surface area contributed by atoms with Crippen molar-refractivity contribution in [2.75, 3.05) is 38.3 Å². The molecule has 1 fully saturated rings. The van der Waals surface area contributed by atoms with Crippen LogP contribution in [0.1, 0.15) is 5.82 Å². The van der Waals surface area contributed by atoms with Crippen molar-refractivity contribution in [1.82, 2.24) is 15.3 Å². The number of aromatic nitrogens is 2. The first-order chi connectivity index (χ1) is 7.40. The number of rotatable bonds is 3. The van der Waals surface area contributed by atoms with Crippen LogP contribution >= 0.6 is 0 Å². The summed E-state index contributed by atoms with van der Waals surface area (Å²) in [6.45, 7) is 4.10. The SMILES string of the molecule is CNCc1nccc(N2CCOCC2)n1. The van der Waals surface area contributed by atoms with Gasteiger partial charge in [0.1, 0.15) is 11.6 Å². The summed E-state index contributed by atoms with van der Waals surface area (Å²) in [7, 11) is 1.89. The summed E-state index contributed by atoms with van der Waals surface area (Å²) in [4.78, 5) is 10.9. The lowest BCUT2D eigenvalue weighted by molar-refractivity contribution is 0.122. The lowest BCUT2D eigenvalue weighted by atomic mass is 10.4. The van der Waals surface area contributed by atoms with Gasteiger partial charge in [0.15, 0.2) is 0 Å². The number of nitrogens with one attached hydrogen (secondary N) is 1. The summed E-state index contributed by atoms with van der Waals surface area (Å²) < 4.78 is 5.30. The molecule has 2 heterocycles. The van der Waals surface area contributed by atoms with Crippen molar-refractivity contribution in [2.24, 2.45) is 0 Å².